The van der Waals surface area contributed by atoms with E-state index >= 15 is 0 Å². The Morgan fingerprint density at radius 3 is 2.61 bits per heavy atom. The quantitative estimate of drug-likeness (QED) is 0.676. The second kappa shape index (κ2) is 8.90. The molecule has 0 unspecified atom stereocenters. The van der Waals surface area contributed by atoms with Crippen molar-refractivity contribution >= 4 is 5.57 Å². The van der Waals surface area contributed by atoms with Gasteiger partial charge in [-0.15, -0.1) is 0 Å². The topological polar surface area (TPSA) is 21.3 Å². The van der Waals surface area contributed by atoms with Gasteiger partial charge in [-0.1, -0.05) is 50.8 Å². The zero-order chi connectivity index (χ0) is 13.2. The van der Waals surface area contributed by atoms with E-state index in [0.717, 1.165) is 44.2 Å². The van der Waals surface area contributed by atoms with Crippen LogP contribution in [0.15, 0.2) is 36.9 Å². The molecule has 1 aromatic carbocycles. The summed E-state index contributed by atoms with van der Waals surface area (Å²) in [6, 6.07) is 10.3. The molecule has 0 saturated carbocycles. The van der Waals surface area contributed by atoms with Gasteiger partial charge in [0.15, 0.2) is 0 Å². The molecule has 0 aliphatic heterocycles. The highest BCUT2D eigenvalue weighted by atomic mass is 16.5. The summed E-state index contributed by atoms with van der Waals surface area (Å²) in [4.78, 5) is 0. The zero-order valence-corrected chi connectivity index (χ0v) is 11.6. The van der Waals surface area contributed by atoms with Crippen molar-refractivity contribution in [2.75, 3.05) is 26.3 Å². The lowest BCUT2D eigenvalue weighted by Gasteiger charge is -2.09. The summed E-state index contributed by atoms with van der Waals surface area (Å²) in [6.07, 6.45) is 1.14. The van der Waals surface area contributed by atoms with Crippen LogP contribution in [0, 0.1) is 5.92 Å². The van der Waals surface area contributed by atoms with Crippen LogP contribution in [0.1, 0.15) is 25.8 Å². The summed E-state index contributed by atoms with van der Waals surface area (Å²) in [5.74, 6) is 0.718. The fourth-order valence-electron chi connectivity index (χ4n) is 1.58. The van der Waals surface area contributed by atoms with Gasteiger partial charge in [0.05, 0.1) is 6.61 Å². The van der Waals surface area contributed by atoms with Crippen LogP contribution in [0.2, 0.25) is 0 Å². The fraction of sp³-hybridized carbons (Fsp3) is 0.500. The van der Waals surface area contributed by atoms with Gasteiger partial charge in [-0.05, 0) is 23.5 Å². The summed E-state index contributed by atoms with van der Waals surface area (Å²) in [5.41, 5.74) is 2.32. The smallest absolute Gasteiger partial charge is 0.0591 e. The molecule has 1 aromatic rings. The van der Waals surface area contributed by atoms with Crippen LogP contribution in [0.3, 0.4) is 0 Å². The van der Waals surface area contributed by atoms with E-state index in [2.05, 4.69) is 37.9 Å². The van der Waals surface area contributed by atoms with Gasteiger partial charge in [-0.3, -0.25) is 0 Å². The Kier molecular flexibility index (Phi) is 7.38. The molecule has 18 heavy (non-hydrogen) atoms. The Balaban J connectivity index is 2.03. The molecule has 0 aliphatic carbocycles. The first-order chi connectivity index (χ1) is 8.70. The van der Waals surface area contributed by atoms with Crippen molar-refractivity contribution in [1.29, 1.82) is 0 Å². The molecule has 0 spiro atoms. The largest absolute Gasteiger partial charge is 0.380 e. The predicted octanol–water partition coefficient (Wildman–Crippen LogP) is 3.35. The molecular weight excluding hydrogens is 222 g/mol. The molecule has 0 amide bonds. The van der Waals surface area contributed by atoms with Crippen LogP contribution < -0.4 is 5.32 Å². The van der Waals surface area contributed by atoms with Gasteiger partial charge < -0.3 is 10.1 Å². The Hall–Kier alpha value is -1.12. The highest BCUT2D eigenvalue weighted by Gasteiger charge is 1.97. The number of ether oxygens (including phenoxy) is 1. The third-order valence-electron chi connectivity index (χ3n) is 2.78. The van der Waals surface area contributed by atoms with E-state index in [1.807, 2.05) is 18.2 Å². The Morgan fingerprint density at radius 2 is 1.94 bits per heavy atom. The van der Waals surface area contributed by atoms with E-state index in [9.17, 15) is 0 Å². The van der Waals surface area contributed by atoms with Gasteiger partial charge in [0.1, 0.15) is 0 Å². The third kappa shape index (κ3) is 6.58. The molecule has 0 atom stereocenters. The van der Waals surface area contributed by atoms with E-state index < -0.39 is 0 Å². The van der Waals surface area contributed by atoms with Crippen LogP contribution in [0.4, 0.5) is 0 Å². The predicted molar refractivity (Wildman–Crippen MR) is 78.6 cm³/mol. The monoisotopic (exact) mass is 247 g/mol. The minimum absolute atomic E-state index is 0.718. The lowest BCUT2D eigenvalue weighted by atomic mass is 10.1. The van der Waals surface area contributed by atoms with Crippen molar-refractivity contribution < 1.29 is 4.74 Å². The van der Waals surface area contributed by atoms with Crippen molar-refractivity contribution in [2.24, 2.45) is 5.92 Å². The van der Waals surface area contributed by atoms with E-state index in [-0.39, 0.29) is 0 Å². The standard InChI is InChI=1S/C16H25NO/c1-14(2)9-11-18-12-10-17-13-15(3)16-7-5-4-6-8-16/h4-8,14,17H,3,9-13H2,1-2H3. The second-order valence-electron chi connectivity index (χ2n) is 4.94. The van der Waals surface area contributed by atoms with Crippen molar-refractivity contribution in [3.63, 3.8) is 0 Å². The van der Waals surface area contributed by atoms with E-state index in [1.165, 1.54) is 5.56 Å². The van der Waals surface area contributed by atoms with Crippen LogP contribution in [0.5, 0.6) is 0 Å². The van der Waals surface area contributed by atoms with Gasteiger partial charge in [-0.2, -0.15) is 0 Å². The second-order valence-corrected chi connectivity index (χ2v) is 4.94. The molecule has 0 aliphatic rings. The molecule has 0 heterocycles. The highest BCUT2D eigenvalue weighted by Crippen LogP contribution is 2.09. The maximum Gasteiger partial charge on any atom is 0.0591 e. The van der Waals surface area contributed by atoms with Crippen molar-refractivity contribution in [2.45, 2.75) is 20.3 Å². The Labute approximate surface area is 111 Å². The molecule has 1 N–H and O–H groups in total. The molecular formula is C16H25NO. The first kappa shape index (κ1) is 14.9. The number of hydrogen-bond donors (Lipinski definition) is 1. The third-order valence-corrected chi connectivity index (χ3v) is 2.78. The van der Waals surface area contributed by atoms with Crippen LogP contribution in [-0.4, -0.2) is 26.3 Å². The van der Waals surface area contributed by atoms with Crippen molar-refractivity contribution in [3.05, 3.63) is 42.5 Å². The molecule has 2 nitrogen and oxygen atoms in total. The molecule has 0 radical (unpaired) electrons. The Bertz CT molecular complexity index is 332. The van der Waals surface area contributed by atoms with Gasteiger partial charge >= 0.3 is 0 Å². The lowest BCUT2D eigenvalue weighted by Crippen LogP contribution is -2.21. The van der Waals surface area contributed by atoms with Crippen molar-refractivity contribution in [1.82, 2.24) is 5.32 Å². The van der Waals surface area contributed by atoms with E-state index in [0.29, 0.717) is 0 Å². The summed E-state index contributed by atoms with van der Waals surface area (Å²) < 4.78 is 5.54. The molecule has 0 aromatic heterocycles. The summed E-state index contributed by atoms with van der Waals surface area (Å²) in [5, 5.41) is 3.35. The van der Waals surface area contributed by atoms with E-state index in [4.69, 9.17) is 4.74 Å². The number of rotatable bonds is 9. The minimum atomic E-state index is 0.718. The number of benzene rings is 1. The van der Waals surface area contributed by atoms with Gasteiger partial charge in [0.25, 0.3) is 0 Å². The normalized spacial score (nSPS) is 10.8. The molecule has 2 heteroatoms. The fourth-order valence-corrected chi connectivity index (χ4v) is 1.58. The maximum absolute atomic E-state index is 5.54. The first-order valence-corrected chi connectivity index (χ1v) is 6.72. The minimum Gasteiger partial charge on any atom is -0.380 e. The SMILES string of the molecule is C=C(CNCCOCCC(C)C)c1ccccc1. The van der Waals surface area contributed by atoms with Gasteiger partial charge in [0, 0.05) is 19.7 Å². The van der Waals surface area contributed by atoms with Crippen LogP contribution in [-0.2, 0) is 4.74 Å². The highest BCUT2D eigenvalue weighted by molar-refractivity contribution is 5.64. The molecule has 0 bridgehead atoms. The van der Waals surface area contributed by atoms with E-state index in [1.54, 1.807) is 0 Å². The van der Waals surface area contributed by atoms with Crippen LogP contribution in [0.25, 0.3) is 5.57 Å². The molecule has 0 saturated heterocycles. The maximum atomic E-state index is 5.54. The average Bonchev–Trinajstić information content (AvgIpc) is 2.38. The van der Waals surface area contributed by atoms with Gasteiger partial charge in [0.2, 0.25) is 0 Å². The van der Waals surface area contributed by atoms with Crippen molar-refractivity contribution in [3.8, 4) is 0 Å². The lowest BCUT2D eigenvalue weighted by molar-refractivity contribution is 0.126. The first-order valence-electron chi connectivity index (χ1n) is 6.72. The summed E-state index contributed by atoms with van der Waals surface area (Å²) in [7, 11) is 0. The van der Waals surface area contributed by atoms with Gasteiger partial charge in [-0.25, -0.2) is 0 Å². The summed E-state index contributed by atoms with van der Waals surface area (Å²) in [6.45, 7) is 11.8. The molecule has 1 rings (SSSR count). The average molecular weight is 247 g/mol. The zero-order valence-electron chi connectivity index (χ0n) is 11.6. The molecule has 100 valence electrons. The molecule has 0 fully saturated rings. The summed E-state index contributed by atoms with van der Waals surface area (Å²) >= 11 is 0. The number of hydrogen-bond acceptors (Lipinski definition) is 2. The Morgan fingerprint density at radius 1 is 1.22 bits per heavy atom. The van der Waals surface area contributed by atoms with Crippen LogP contribution >= 0.6 is 0 Å². The number of nitrogens with one attached hydrogen (secondary N) is 1.